The largest absolute Gasteiger partial charge is 0.495 e. The number of nitrogens with one attached hydrogen (secondary N) is 1. The molecule has 0 spiro atoms. The van der Waals surface area contributed by atoms with E-state index in [2.05, 4.69) is 9.82 Å². The molecule has 0 radical (unpaired) electrons. The summed E-state index contributed by atoms with van der Waals surface area (Å²) in [6.45, 7) is 3.96. The molecule has 1 unspecified atom stereocenters. The summed E-state index contributed by atoms with van der Waals surface area (Å²) in [6.07, 6.45) is 1.61. The second-order valence-electron chi connectivity index (χ2n) is 5.60. The minimum Gasteiger partial charge on any atom is -0.495 e. The lowest BCUT2D eigenvalue weighted by molar-refractivity contribution is 0.172. The third-order valence-corrected chi connectivity index (χ3v) is 5.41. The van der Waals surface area contributed by atoms with E-state index in [-0.39, 0.29) is 11.5 Å². The Hall–Kier alpha value is -1.90. The number of ether oxygens (including phenoxy) is 2. The molecule has 1 heterocycles. The molecule has 0 aliphatic carbocycles. The second-order valence-corrected chi connectivity index (χ2v) is 7.28. The van der Waals surface area contributed by atoms with Crippen LogP contribution in [0.4, 0.5) is 0 Å². The third kappa shape index (κ3) is 3.77. The van der Waals surface area contributed by atoms with Crippen molar-refractivity contribution in [1.82, 2.24) is 14.5 Å². The fourth-order valence-corrected chi connectivity index (χ4v) is 3.89. The van der Waals surface area contributed by atoms with E-state index < -0.39 is 16.1 Å². The smallest absolute Gasteiger partial charge is 0.244 e. The summed E-state index contributed by atoms with van der Waals surface area (Å²) < 4.78 is 40.5. The monoisotopic (exact) mass is 353 g/mol. The number of sulfonamides is 1. The van der Waals surface area contributed by atoms with Crippen LogP contribution in [0.2, 0.25) is 0 Å². The van der Waals surface area contributed by atoms with E-state index in [4.69, 9.17) is 9.47 Å². The molecule has 1 N–H and O–H groups in total. The second kappa shape index (κ2) is 7.33. The first-order valence-corrected chi connectivity index (χ1v) is 8.93. The molecule has 0 saturated carbocycles. The molecule has 1 atom stereocenters. The zero-order chi connectivity index (χ0) is 17.9. The van der Waals surface area contributed by atoms with Crippen LogP contribution in [-0.4, -0.2) is 39.0 Å². The summed E-state index contributed by atoms with van der Waals surface area (Å²) in [7, 11) is 0.928. The van der Waals surface area contributed by atoms with Crippen molar-refractivity contribution in [2.75, 3.05) is 20.8 Å². The van der Waals surface area contributed by atoms with Crippen LogP contribution in [-0.2, 0) is 21.8 Å². The Morgan fingerprint density at radius 1 is 1.25 bits per heavy atom. The highest BCUT2D eigenvalue weighted by atomic mass is 32.2. The summed E-state index contributed by atoms with van der Waals surface area (Å²) in [4.78, 5) is 0.108. The number of rotatable bonds is 7. The molecule has 0 aliphatic rings. The van der Waals surface area contributed by atoms with Gasteiger partial charge in [-0.1, -0.05) is 0 Å². The third-order valence-electron chi connectivity index (χ3n) is 3.92. The quantitative estimate of drug-likeness (QED) is 0.819. The number of aryl methyl sites for hydroxylation is 3. The van der Waals surface area contributed by atoms with Gasteiger partial charge in [0.05, 0.1) is 25.5 Å². The van der Waals surface area contributed by atoms with E-state index in [0.717, 1.165) is 11.1 Å². The van der Waals surface area contributed by atoms with Gasteiger partial charge >= 0.3 is 0 Å². The molecule has 24 heavy (non-hydrogen) atoms. The van der Waals surface area contributed by atoms with E-state index >= 15 is 0 Å². The molecule has 1 aromatic carbocycles. The van der Waals surface area contributed by atoms with E-state index in [9.17, 15) is 8.42 Å². The van der Waals surface area contributed by atoms with Crippen LogP contribution in [0.25, 0.3) is 0 Å². The van der Waals surface area contributed by atoms with Crippen LogP contribution in [0.15, 0.2) is 29.3 Å². The minimum absolute atomic E-state index is 0.108. The summed E-state index contributed by atoms with van der Waals surface area (Å²) >= 11 is 0. The number of hydrogen-bond donors (Lipinski definition) is 1. The van der Waals surface area contributed by atoms with E-state index in [1.807, 2.05) is 13.8 Å². The fourth-order valence-electron chi connectivity index (χ4n) is 2.46. The van der Waals surface area contributed by atoms with Gasteiger partial charge in [-0.2, -0.15) is 9.82 Å². The maximum absolute atomic E-state index is 12.9. The van der Waals surface area contributed by atoms with Crippen molar-refractivity contribution in [3.63, 3.8) is 0 Å². The van der Waals surface area contributed by atoms with E-state index in [0.29, 0.717) is 11.4 Å². The van der Waals surface area contributed by atoms with Gasteiger partial charge in [-0.25, -0.2) is 8.42 Å². The van der Waals surface area contributed by atoms with Crippen molar-refractivity contribution in [2.24, 2.45) is 7.05 Å². The van der Waals surface area contributed by atoms with Crippen LogP contribution in [0.5, 0.6) is 5.75 Å². The average Bonchev–Trinajstić information content (AvgIpc) is 2.95. The summed E-state index contributed by atoms with van der Waals surface area (Å²) in [6, 6.07) is 4.53. The van der Waals surface area contributed by atoms with Crippen molar-refractivity contribution >= 4 is 10.0 Å². The molecular formula is C16H23N3O4S. The lowest BCUT2D eigenvalue weighted by Gasteiger charge is -2.20. The van der Waals surface area contributed by atoms with Gasteiger partial charge in [0, 0.05) is 20.4 Å². The number of benzene rings is 1. The zero-order valence-electron chi connectivity index (χ0n) is 14.5. The highest BCUT2D eigenvalue weighted by Gasteiger charge is 2.26. The first kappa shape index (κ1) is 18.4. The summed E-state index contributed by atoms with van der Waals surface area (Å²) in [5, 5.41) is 4.08. The van der Waals surface area contributed by atoms with Gasteiger partial charge in [0.15, 0.2) is 0 Å². The molecule has 2 aromatic rings. The van der Waals surface area contributed by atoms with Crippen LogP contribution in [0.1, 0.15) is 22.9 Å². The topological polar surface area (TPSA) is 82.4 Å². The highest BCUT2D eigenvalue weighted by molar-refractivity contribution is 7.89. The Morgan fingerprint density at radius 3 is 2.46 bits per heavy atom. The standard InChI is InChI=1S/C16H23N3O4S/c1-11-8-15(23-5)16(9-12(11)2)24(20,21)18-13(10-22-4)14-6-7-17-19(14)3/h6-9,13,18H,10H2,1-5H3. The van der Waals surface area contributed by atoms with Crippen molar-refractivity contribution in [3.05, 3.63) is 41.2 Å². The van der Waals surface area contributed by atoms with Gasteiger partial charge < -0.3 is 9.47 Å². The van der Waals surface area contributed by atoms with Gasteiger partial charge in [-0.05, 0) is 43.2 Å². The van der Waals surface area contributed by atoms with Crippen LogP contribution >= 0.6 is 0 Å². The zero-order valence-corrected chi connectivity index (χ0v) is 15.3. The maximum atomic E-state index is 12.9. The first-order valence-electron chi connectivity index (χ1n) is 7.44. The van der Waals surface area contributed by atoms with E-state index in [1.54, 1.807) is 36.1 Å². The normalized spacial score (nSPS) is 13.0. The molecule has 1 aromatic heterocycles. The molecule has 0 aliphatic heterocycles. The van der Waals surface area contributed by atoms with Gasteiger partial charge in [0.25, 0.3) is 0 Å². The number of hydrogen-bond acceptors (Lipinski definition) is 5. The van der Waals surface area contributed by atoms with Crippen LogP contribution in [0, 0.1) is 13.8 Å². The lowest BCUT2D eigenvalue weighted by atomic mass is 10.1. The molecular weight excluding hydrogens is 330 g/mol. The molecule has 2 rings (SSSR count). The lowest BCUT2D eigenvalue weighted by Crippen LogP contribution is -2.33. The fraction of sp³-hybridized carbons (Fsp3) is 0.438. The molecule has 8 heteroatoms. The average molecular weight is 353 g/mol. The van der Waals surface area contributed by atoms with Crippen molar-refractivity contribution in [2.45, 2.75) is 24.8 Å². The number of aromatic nitrogens is 2. The molecule has 7 nitrogen and oxygen atoms in total. The maximum Gasteiger partial charge on any atom is 0.244 e. The van der Waals surface area contributed by atoms with E-state index in [1.165, 1.54) is 14.2 Å². The van der Waals surface area contributed by atoms with Gasteiger partial charge in [0.1, 0.15) is 10.6 Å². The van der Waals surface area contributed by atoms with Gasteiger partial charge in [-0.3, -0.25) is 4.68 Å². The number of nitrogens with zero attached hydrogens (tertiary/aromatic N) is 2. The summed E-state index contributed by atoms with van der Waals surface area (Å²) in [5.74, 6) is 0.312. The van der Waals surface area contributed by atoms with Crippen LogP contribution in [0.3, 0.4) is 0 Å². The predicted octanol–water partition coefficient (Wildman–Crippen LogP) is 1.71. The van der Waals surface area contributed by atoms with Crippen molar-refractivity contribution < 1.29 is 17.9 Å². The Labute approximate surface area is 142 Å². The number of methoxy groups -OCH3 is 2. The summed E-state index contributed by atoms with van der Waals surface area (Å²) in [5.41, 5.74) is 2.55. The molecule has 0 saturated heterocycles. The van der Waals surface area contributed by atoms with Crippen molar-refractivity contribution in [1.29, 1.82) is 0 Å². The van der Waals surface area contributed by atoms with Crippen LogP contribution < -0.4 is 9.46 Å². The highest BCUT2D eigenvalue weighted by Crippen LogP contribution is 2.28. The Kier molecular flexibility index (Phi) is 5.63. The SMILES string of the molecule is COCC(NS(=O)(=O)c1cc(C)c(C)cc1OC)c1ccnn1C. The molecule has 0 bridgehead atoms. The molecule has 132 valence electrons. The Morgan fingerprint density at radius 2 is 1.92 bits per heavy atom. The van der Waals surface area contributed by atoms with Gasteiger partial charge in [-0.15, -0.1) is 0 Å². The van der Waals surface area contributed by atoms with Crippen molar-refractivity contribution in [3.8, 4) is 5.75 Å². The Balaban J connectivity index is 2.43. The first-order chi connectivity index (χ1) is 11.3. The molecule has 0 amide bonds. The van der Waals surface area contributed by atoms with Gasteiger partial charge in [0.2, 0.25) is 10.0 Å². The molecule has 0 fully saturated rings. The Bertz CT molecular complexity index is 815. The minimum atomic E-state index is -3.80. The predicted molar refractivity (Wildman–Crippen MR) is 90.6 cm³/mol.